The number of fused-ring (bicyclic) bond motifs is 3. The maximum absolute atomic E-state index is 13.2. The first-order valence-corrected chi connectivity index (χ1v) is 9.04. The summed E-state index contributed by atoms with van der Waals surface area (Å²) in [6.07, 6.45) is -2.14. The molecular formula is C19H14ClNO9. The van der Waals surface area contributed by atoms with Crippen molar-refractivity contribution in [1.82, 2.24) is 0 Å². The largest absolute Gasteiger partial charge is 0.507 e. The van der Waals surface area contributed by atoms with Gasteiger partial charge in [-0.2, -0.15) is 0 Å². The zero-order valence-corrected chi connectivity index (χ0v) is 15.7. The van der Waals surface area contributed by atoms with E-state index in [2.05, 4.69) is 0 Å². The third-order valence-corrected chi connectivity index (χ3v) is 6.23. The molecule has 3 aliphatic rings. The molecule has 0 bridgehead atoms. The van der Waals surface area contributed by atoms with Crippen LogP contribution in [-0.2, 0) is 19.2 Å². The first-order chi connectivity index (χ1) is 13.9. The van der Waals surface area contributed by atoms with Crippen molar-refractivity contribution in [2.24, 2.45) is 17.6 Å². The number of hydrogen-bond acceptors (Lipinski definition) is 9. The van der Waals surface area contributed by atoms with Gasteiger partial charge in [0.1, 0.15) is 17.1 Å². The quantitative estimate of drug-likeness (QED) is 0.254. The summed E-state index contributed by atoms with van der Waals surface area (Å²) in [6.45, 7) is 0. The minimum Gasteiger partial charge on any atom is -0.507 e. The number of primary amides is 1. The number of aliphatic hydroxyl groups is 4. The number of phenolic OH excluding ortho intramolecular Hbond substituents is 1. The third-order valence-electron chi connectivity index (χ3n) is 5.90. The predicted octanol–water partition coefficient (Wildman–Crippen LogP) is -0.253. The first kappa shape index (κ1) is 20.1. The molecule has 0 aromatic heterocycles. The van der Waals surface area contributed by atoms with Gasteiger partial charge in [0.15, 0.2) is 5.76 Å². The average molecular weight is 436 g/mol. The highest BCUT2D eigenvalue weighted by atomic mass is 35.5. The number of nitrogens with two attached hydrogens (primary N) is 1. The van der Waals surface area contributed by atoms with Crippen molar-refractivity contribution in [1.29, 1.82) is 0 Å². The molecule has 30 heavy (non-hydrogen) atoms. The van der Waals surface area contributed by atoms with Crippen LogP contribution >= 0.6 is 11.6 Å². The first-order valence-electron chi connectivity index (χ1n) is 8.66. The fourth-order valence-corrected chi connectivity index (χ4v) is 4.74. The van der Waals surface area contributed by atoms with Gasteiger partial charge in [-0.3, -0.25) is 19.2 Å². The van der Waals surface area contributed by atoms with Crippen LogP contribution in [0.2, 0.25) is 5.02 Å². The summed E-state index contributed by atoms with van der Waals surface area (Å²) >= 11 is 6.08. The van der Waals surface area contributed by atoms with Crippen LogP contribution in [0, 0.1) is 11.8 Å². The molecule has 1 saturated carbocycles. The van der Waals surface area contributed by atoms with E-state index < -0.39 is 81.6 Å². The fraction of sp³-hybridized carbons (Fsp3) is 0.263. The van der Waals surface area contributed by atoms with E-state index in [9.17, 15) is 44.7 Å². The van der Waals surface area contributed by atoms with Crippen LogP contribution in [0.1, 0.15) is 23.7 Å². The molecule has 0 spiro atoms. The number of halogens is 1. The summed E-state index contributed by atoms with van der Waals surface area (Å²) in [5.41, 5.74) is -0.417. The lowest BCUT2D eigenvalue weighted by molar-refractivity contribution is -0.164. The van der Waals surface area contributed by atoms with Gasteiger partial charge in [-0.05, 0) is 18.6 Å². The van der Waals surface area contributed by atoms with Gasteiger partial charge in [0.25, 0.3) is 5.91 Å². The van der Waals surface area contributed by atoms with Crippen molar-refractivity contribution in [3.63, 3.8) is 0 Å². The molecule has 3 aliphatic carbocycles. The summed E-state index contributed by atoms with van der Waals surface area (Å²) < 4.78 is 0. The van der Waals surface area contributed by atoms with Gasteiger partial charge < -0.3 is 31.3 Å². The summed E-state index contributed by atoms with van der Waals surface area (Å²) in [6, 6.07) is 2.36. The molecule has 4 atom stereocenters. The van der Waals surface area contributed by atoms with Gasteiger partial charge in [-0.25, -0.2) is 0 Å². The minimum absolute atomic E-state index is 0.0426. The Kier molecular flexibility index (Phi) is 4.11. The van der Waals surface area contributed by atoms with E-state index in [4.69, 9.17) is 17.3 Å². The molecule has 0 aliphatic heterocycles. The lowest BCUT2D eigenvalue weighted by Gasteiger charge is -2.45. The number of ketones is 3. The second-order valence-electron chi connectivity index (χ2n) is 7.33. The van der Waals surface area contributed by atoms with E-state index in [0.29, 0.717) is 0 Å². The van der Waals surface area contributed by atoms with Crippen molar-refractivity contribution in [3.05, 3.63) is 45.2 Å². The summed E-state index contributed by atoms with van der Waals surface area (Å²) in [7, 11) is 0. The van der Waals surface area contributed by atoms with Crippen LogP contribution in [-0.4, -0.2) is 54.4 Å². The Hall–Kier alpha value is -3.21. The van der Waals surface area contributed by atoms with E-state index in [-0.39, 0.29) is 16.1 Å². The normalized spacial score (nSPS) is 30.8. The van der Waals surface area contributed by atoms with Gasteiger partial charge in [0, 0.05) is 22.1 Å². The van der Waals surface area contributed by atoms with Gasteiger partial charge >= 0.3 is 0 Å². The average Bonchev–Trinajstić information content (AvgIpc) is 2.67. The lowest BCUT2D eigenvalue weighted by Crippen LogP contribution is -2.64. The summed E-state index contributed by atoms with van der Waals surface area (Å²) in [4.78, 5) is 50.1. The number of hydrogen-bond donors (Lipinski definition) is 6. The number of allylic oxidation sites excluding steroid dienone is 1. The topological polar surface area (TPSA) is 195 Å². The van der Waals surface area contributed by atoms with Gasteiger partial charge in [-0.15, -0.1) is 0 Å². The molecule has 0 radical (unpaired) electrons. The summed E-state index contributed by atoms with van der Waals surface area (Å²) in [5, 5.41) is 52.5. The number of phenols is 1. The highest BCUT2D eigenvalue weighted by Gasteiger charge is 2.65. The standard InChI is InChI=1S/C19H14ClNO9/c20-6-1-2-7(22)10-9(6)12(23)4-3-5-13(24)15(26)11(18(21)29)17(28)19(5,30)16(27)8(4)14(10)25/h1-2,4-5,12,22-23,25-26,30H,3H2,(H2,21,29)/t4-,5-,12-,19-/m0/s1. The zero-order valence-electron chi connectivity index (χ0n) is 14.9. The Morgan fingerprint density at radius 1 is 1.10 bits per heavy atom. The maximum atomic E-state index is 13.2. The molecule has 1 aromatic carbocycles. The van der Waals surface area contributed by atoms with Crippen LogP contribution in [0.15, 0.2) is 29.0 Å². The van der Waals surface area contributed by atoms with Crippen LogP contribution in [0.4, 0.5) is 0 Å². The smallest absolute Gasteiger partial charge is 0.256 e. The van der Waals surface area contributed by atoms with E-state index in [1.807, 2.05) is 0 Å². The highest BCUT2D eigenvalue weighted by Crippen LogP contribution is 2.54. The van der Waals surface area contributed by atoms with Crippen molar-refractivity contribution >= 4 is 40.6 Å². The predicted molar refractivity (Wildman–Crippen MR) is 98.0 cm³/mol. The number of carbonyl (C=O) groups is 4. The molecule has 1 aromatic rings. The molecule has 0 heterocycles. The fourth-order valence-electron chi connectivity index (χ4n) is 4.47. The number of benzene rings is 1. The van der Waals surface area contributed by atoms with Crippen molar-refractivity contribution in [3.8, 4) is 5.75 Å². The van der Waals surface area contributed by atoms with Crippen LogP contribution in [0.25, 0.3) is 5.76 Å². The molecule has 10 nitrogen and oxygen atoms in total. The Balaban J connectivity index is 2.00. The van der Waals surface area contributed by atoms with Crippen LogP contribution < -0.4 is 5.73 Å². The second-order valence-corrected chi connectivity index (χ2v) is 7.74. The van der Waals surface area contributed by atoms with Crippen molar-refractivity contribution in [2.45, 2.75) is 18.1 Å². The molecule has 0 saturated heterocycles. The van der Waals surface area contributed by atoms with E-state index in [1.165, 1.54) is 6.07 Å². The number of aliphatic hydroxyl groups excluding tert-OH is 3. The van der Waals surface area contributed by atoms with Gasteiger partial charge in [-0.1, -0.05) is 11.6 Å². The Morgan fingerprint density at radius 2 is 1.73 bits per heavy atom. The molecule has 7 N–H and O–H groups in total. The number of carbonyl (C=O) groups excluding carboxylic acids is 4. The second kappa shape index (κ2) is 6.14. The molecule has 0 unspecified atom stereocenters. The number of Topliss-reactive ketones (excluding diaryl/α,β-unsaturated/α-hetero) is 3. The Bertz CT molecular complexity index is 1150. The highest BCUT2D eigenvalue weighted by molar-refractivity contribution is 6.38. The molecule has 1 fully saturated rings. The van der Waals surface area contributed by atoms with E-state index >= 15 is 0 Å². The molecular weight excluding hydrogens is 422 g/mol. The Morgan fingerprint density at radius 3 is 2.33 bits per heavy atom. The summed E-state index contributed by atoms with van der Waals surface area (Å²) in [5.74, 6) is -11.6. The number of amides is 1. The van der Waals surface area contributed by atoms with Crippen molar-refractivity contribution in [2.75, 3.05) is 0 Å². The van der Waals surface area contributed by atoms with Crippen LogP contribution in [0.5, 0.6) is 5.75 Å². The monoisotopic (exact) mass is 435 g/mol. The molecule has 156 valence electrons. The Labute approximate surface area is 172 Å². The number of aromatic hydroxyl groups is 1. The molecule has 1 amide bonds. The molecule has 11 heteroatoms. The maximum Gasteiger partial charge on any atom is 0.256 e. The number of rotatable bonds is 1. The molecule has 4 rings (SSSR count). The third kappa shape index (κ3) is 2.20. The van der Waals surface area contributed by atoms with Crippen LogP contribution in [0.3, 0.4) is 0 Å². The lowest BCUT2D eigenvalue weighted by atomic mass is 9.57. The SMILES string of the molecule is NC(=O)C1=C(O)C(=O)[C@@H]2C[C@H]3C(=C(O)c4c(O)ccc(Cl)c4[C@H]3O)C(=O)[C@]2(O)C1=O. The van der Waals surface area contributed by atoms with E-state index in [1.54, 1.807) is 0 Å². The van der Waals surface area contributed by atoms with Crippen molar-refractivity contribution < 1.29 is 44.7 Å². The van der Waals surface area contributed by atoms with Gasteiger partial charge in [0.2, 0.25) is 23.0 Å². The minimum atomic E-state index is -3.13. The zero-order chi connectivity index (χ0) is 22.3. The van der Waals surface area contributed by atoms with Gasteiger partial charge in [0.05, 0.1) is 17.6 Å². The van der Waals surface area contributed by atoms with E-state index in [0.717, 1.165) is 6.07 Å².